The van der Waals surface area contributed by atoms with Gasteiger partial charge in [-0.15, -0.1) is 0 Å². The summed E-state index contributed by atoms with van der Waals surface area (Å²) in [6, 6.07) is 5.15. The summed E-state index contributed by atoms with van der Waals surface area (Å²) in [5.41, 5.74) is 7.75. The number of hydrogen-bond donors (Lipinski definition) is 2. The minimum absolute atomic E-state index is 0.0225. The number of sulfonamides is 1. The molecule has 1 aromatic carbocycles. The Morgan fingerprint density at radius 1 is 1.22 bits per heavy atom. The molecule has 0 bridgehead atoms. The van der Waals surface area contributed by atoms with Gasteiger partial charge in [-0.25, -0.2) is 21.6 Å². The monoisotopic (exact) mass is 292 g/mol. The molecule has 0 aliphatic rings. The Balaban J connectivity index is 2.80. The van der Waals surface area contributed by atoms with E-state index in [1.54, 1.807) is 25.1 Å². The van der Waals surface area contributed by atoms with Crippen LogP contribution in [0, 0.1) is 6.92 Å². The van der Waals surface area contributed by atoms with Crippen LogP contribution >= 0.6 is 0 Å². The van der Waals surface area contributed by atoms with Crippen LogP contribution in [-0.2, 0) is 26.4 Å². The third-order valence-corrected chi connectivity index (χ3v) is 5.88. The summed E-state index contributed by atoms with van der Waals surface area (Å²) in [6.45, 7) is 1.80. The second-order valence-corrected chi connectivity index (χ2v) is 8.42. The average molecular weight is 292 g/mol. The van der Waals surface area contributed by atoms with Crippen molar-refractivity contribution >= 4 is 25.5 Å². The quantitative estimate of drug-likeness (QED) is 0.743. The predicted octanol–water partition coefficient (Wildman–Crippen LogP) is -0.00128. The van der Waals surface area contributed by atoms with Gasteiger partial charge < -0.3 is 5.73 Å². The molecular weight excluding hydrogens is 276 g/mol. The fraction of sp³-hybridized carbons (Fsp3) is 0.400. The van der Waals surface area contributed by atoms with E-state index in [1.165, 1.54) is 0 Å². The highest BCUT2D eigenvalue weighted by atomic mass is 32.3. The van der Waals surface area contributed by atoms with Gasteiger partial charge in [-0.3, -0.25) is 0 Å². The van der Waals surface area contributed by atoms with Crippen LogP contribution in [-0.4, -0.2) is 28.2 Å². The van der Waals surface area contributed by atoms with Crippen molar-refractivity contribution in [2.24, 2.45) is 0 Å². The summed E-state index contributed by atoms with van der Waals surface area (Å²) in [4.78, 5) is 0. The van der Waals surface area contributed by atoms with Gasteiger partial charge in [-0.1, -0.05) is 12.1 Å². The fourth-order valence-corrected chi connectivity index (χ4v) is 4.37. The number of nitrogens with one attached hydrogen (secondary N) is 1. The van der Waals surface area contributed by atoms with Crippen LogP contribution in [0.4, 0.5) is 5.69 Å². The Hall–Kier alpha value is -1.12. The van der Waals surface area contributed by atoms with Crippen molar-refractivity contribution < 1.29 is 16.8 Å². The second kappa shape index (κ2) is 5.25. The molecular formula is C10H16N2O4S2. The molecule has 0 saturated carbocycles. The van der Waals surface area contributed by atoms with Crippen LogP contribution in [0.1, 0.15) is 11.1 Å². The molecule has 0 aliphatic heterocycles. The SMILES string of the molecule is Cc1c(N)cccc1CNS(=O)(=O)CS(C)(=O)=O. The number of nitrogens with two attached hydrogens (primary N) is 1. The number of rotatable bonds is 5. The first kappa shape index (κ1) is 14.9. The zero-order valence-electron chi connectivity index (χ0n) is 10.2. The first-order valence-corrected chi connectivity index (χ1v) is 8.81. The third kappa shape index (κ3) is 4.63. The molecule has 3 N–H and O–H groups in total. The number of nitrogen functional groups attached to an aromatic ring is 1. The van der Waals surface area contributed by atoms with Gasteiger partial charge >= 0.3 is 0 Å². The fourth-order valence-electron chi connectivity index (χ4n) is 1.41. The maximum absolute atomic E-state index is 11.5. The van der Waals surface area contributed by atoms with Crippen molar-refractivity contribution in [1.29, 1.82) is 0 Å². The van der Waals surface area contributed by atoms with Crippen molar-refractivity contribution in [3.63, 3.8) is 0 Å². The molecule has 0 atom stereocenters. The lowest BCUT2D eigenvalue weighted by Crippen LogP contribution is -2.29. The first-order valence-electron chi connectivity index (χ1n) is 5.10. The van der Waals surface area contributed by atoms with Crippen LogP contribution in [0.15, 0.2) is 18.2 Å². The first-order chi connectivity index (χ1) is 8.11. The number of anilines is 1. The van der Waals surface area contributed by atoms with Gasteiger partial charge in [-0.2, -0.15) is 0 Å². The van der Waals surface area contributed by atoms with Gasteiger partial charge in [0.05, 0.1) is 0 Å². The van der Waals surface area contributed by atoms with Gasteiger partial charge in [0.15, 0.2) is 14.9 Å². The number of sulfone groups is 1. The van der Waals surface area contributed by atoms with E-state index in [-0.39, 0.29) is 6.54 Å². The molecule has 0 spiro atoms. The summed E-state index contributed by atoms with van der Waals surface area (Å²) in [7, 11) is -7.43. The van der Waals surface area contributed by atoms with Crippen LogP contribution in [0.3, 0.4) is 0 Å². The molecule has 6 nitrogen and oxygen atoms in total. The highest BCUT2D eigenvalue weighted by molar-refractivity contribution is 8.06. The van der Waals surface area contributed by atoms with Crippen molar-refractivity contribution in [2.45, 2.75) is 13.5 Å². The molecule has 0 fully saturated rings. The van der Waals surface area contributed by atoms with E-state index in [1.807, 2.05) is 0 Å². The van der Waals surface area contributed by atoms with Crippen molar-refractivity contribution in [3.05, 3.63) is 29.3 Å². The van der Waals surface area contributed by atoms with E-state index in [0.29, 0.717) is 11.3 Å². The molecule has 1 rings (SSSR count). The highest BCUT2D eigenvalue weighted by Crippen LogP contribution is 2.15. The third-order valence-electron chi connectivity index (χ3n) is 2.34. The summed E-state index contributed by atoms with van der Waals surface area (Å²) < 4.78 is 47.1. The molecule has 0 unspecified atom stereocenters. The predicted molar refractivity (Wildman–Crippen MR) is 71.1 cm³/mol. The van der Waals surface area contributed by atoms with Crippen LogP contribution in [0.2, 0.25) is 0 Å². The molecule has 8 heteroatoms. The van der Waals surface area contributed by atoms with Gasteiger partial charge in [0.1, 0.15) is 0 Å². The zero-order chi connectivity index (χ0) is 14.0. The van der Waals surface area contributed by atoms with E-state index in [4.69, 9.17) is 5.73 Å². The topological polar surface area (TPSA) is 106 Å². The van der Waals surface area contributed by atoms with Gasteiger partial charge in [0.2, 0.25) is 10.0 Å². The van der Waals surface area contributed by atoms with E-state index < -0.39 is 24.9 Å². The maximum atomic E-state index is 11.5. The van der Waals surface area contributed by atoms with Crippen molar-refractivity contribution in [1.82, 2.24) is 4.72 Å². The zero-order valence-corrected chi connectivity index (χ0v) is 11.8. The summed E-state index contributed by atoms with van der Waals surface area (Å²) in [6.07, 6.45) is 0.873. The Morgan fingerprint density at radius 3 is 2.39 bits per heavy atom. The minimum Gasteiger partial charge on any atom is -0.399 e. The van der Waals surface area contributed by atoms with Gasteiger partial charge in [0, 0.05) is 18.5 Å². The van der Waals surface area contributed by atoms with E-state index in [2.05, 4.69) is 4.72 Å². The summed E-state index contributed by atoms with van der Waals surface area (Å²) >= 11 is 0. The molecule has 102 valence electrons. The van der Waals surface area contributed by atoms with E-state index >= 15 is 0 Å². The molecule has 0 saturated heterocycles. The maximum Gasteiger partial charge on any atom is 0.226 e. The minimum atomic E-state index is -3.85. The lowest BCUT2D eigenvalue weighted by molar-refractivity contribution is 0.580. The molecule has 0 radical (unpaired) electrons. The summed E-state index contributed by atoms with van der Waals surface area (Å²) in [5, 5.41) is -0.915. The van der Waals surface area contributed by atoms with Crippen LogP contribution in [0.5, 0.6) is 0 Å². The smallest absolute Gasteiger partial charge is 0.226 e. The van der Waals surface area contributed by atoms with E-state index in [0.717, 1.165) is 11.8 Å². The van der Waals surface area contributed by atoms with Crippen LogP contribution < -0.4 is 10.5 Å². The molecule has 18 heavy (non-hydrogen) atoms. The summed E-state index contributed by atoms with van der Waals surface area (Å²) in [5.74, 6) is 0. The lowest BCUT2D eigenvalue weighted by Gasteiger charge is -2.09. The Labute approximate surface area is 107 Å². The molecule has 0 heterocycles. The number of benzene rings is 1. The average Bonchev–Trinajstić information content (AvgIpc) is 2.17. The normalized spacial score (nSPS) is 12.6. The number of hydrogen-bond acceptors (Lipinski definition) is 5. The standard InChI is InChI=1S/C10H16N2O4S2/c1-8-9(4-3-5-10(8)11)6-12-18(15,16)7-17(2,13)14/h3-5,12H,6-7,11H2,1-2H3. The largest absolute Gasteiger partial charge is 0.399 e. The highest BCUT2D eigenvalue weighted by Gasteiger charge is 2.17. The van der Waals surface area contributed by atoms with Gasteiger partial charge in [0.25, 0.3) is 0 Å². The lowest BCUT2D eigenvalue weighted by atomic mass is 10.1. The molecule has 0 aromatic heterocycles. The molecule has 0 aliphatic carbocycles. The Kier molecular flexibility index (Phi) is 4.36. The second-order valence-electron chi connectivity index (χ2n) is 4.11. The molecule has 0 amide bonds. The van der Waals surface area contributed by atoms with Crippen molar-refractivity contribution in [3.8, 4) is 0 Å². The van der Waals surface area contributed by atoms with Gasteiger partial charge in [-0.05, 0) is 24.1 Å². The van der Waals surface area contributed by atoms with Crippen LogP contribution in [0.25, 0.3) is 0 Å². The molecule has 1 aromatic rings. The Bertz CT molecular complexity index is 636. The van der Waals surface area contributed by atoms with E-state index in [9.17, 15) is 16.8 Å². The van der Waals surface area contributed by atoms with Crippen molar-refractivity contribution in [2.75, 3.05) is 17.1 Å². The Morgan fingerprint density at radius 2 is 1.83 bits per heavy atom.